The zero-order valence-electron chi connectivity index (χ0n) is 24.4. The van der Waals surface area contributed by atoms with Gasteiger partial charge in [0.15, 0.2) is 0 Å². The van der Waals surface area contributed by atoms with E-state index in [9.17, 15) is 14.4 Å². The maximum absolute atomic E-state index is 13.7. The molecule has 218 valence electrons. The summed E-state index contributed by atoms with van der Waals surface area (Å²) in [5.41, 5.74) is 0.324. The van der Waals surface area contributed by atoms with Gasteiger partial charge in [-0.05, 0) is 89.5 Å². The van der Waals surface area contributed by atoms with E-state index < -0.39 is 5.41 Å². The lowest BCUT2D eigenvalue weighted by Gasteiger charge is -2.47. The molecule has 1 unspecified atom stereocenters. The van der Waals surface area contributed by atoms with E-state index in [1.54, 1.807) is 0 Å². The molecule has 1 aromatic carbocycles. The van der Waals surface area contributed by atoms with E-state index in [4.69, 9.17) is 11.6 Å². The van der Waals surface area contributed by atoms with Crippen LogP contribution in [0.4, 0.5) is 0 Å². The molecule has 1 aliphatic carbocycles. The molecular formula is C31H49ClN4O3. The normalized spacial score (nSPS) is 18.8. The lowest BCUT2D eigenvalue weighted by molar-refractivity contribution is -0.146. The number of nitrogens with one attached hydrogen (secondary N) is 3. The van der Waals surface area contributed by atoms with Crippen molar-refractivity contribution in [3.8, 4) is 0 Å². The molecule has 1 saturated carbocycles. The molecule has 1 aromatic rings. The number of benzene rings is 1. The number of carbonyl (C=O) groups is 3. The molecule has 0 spiro atoms. The van der Waals surface area contributed by atoms with Crippen molar-refractivity contribution < 1.29 is 14.4 Å². The first kappa shape index (κ1) is 31.4. The highest BCUT2D eigenvalue weighted by Crippen LogP contribution is 2.46. The van der Waals surface area contributed by atoms with E-state index in [0.29, 0.717) is 43.3 Å². The summed E-state index contributed by atoms with van der Waals surface area (Å²) in [5.74, 6) is 0.452. The minimum Gasteiger partial charge on any atom is -0.351 e. The Morgan fingerprint density at radius 3 is 2.28 bits per heavy atom. The first-order chi connectivity index (χ1) is 18.5. The molecule has 1 heterocycles. The molecule has 0 aromatic heterocycles. The van der Waals surface area contributed by atoms with E-state index in [1.807, 2.05) is 49.9 Å². The van der Waals surface area contributed by atoms with Gasteiger partial charge in [0, 0.05) is 36.1 Å². The first-order valence-electron chi connectivity index (χ1n) is 14.9. The Bertz CT molecular complexity index is 946. The summed E-state index contributed by atoms with van der Waals surface area (Å²) in [4.78, 5) is 41.7. The van der Waals surface area contributed by atoms with Crippen LogP contribution in [-0.2, 0) is 20.8 Å². The molecule has 1 saturated heterocycles. The van der Waals surface area contributed by atoms with Gasteiger partial charge in [0.2, 0.25) is 17.7 Å². The van der Waals surface area contributed by atoms with Crippen molar-refractivity contribution in [1.82, 2.24) is 20.9 Å². The molecule has 0 radical (unpaired) electrons. The van der Waals surface area contributed by atoms with Gasteiger partial charge in [0.1, 0.15) is 0 Å². The fourth-order valence-electron chi connectivity index (χ4n) is 6.17. The average Bonchev–Trinajstić information content (AvgIpc) is 2.89. The van der Waals surface area contributed by atoms with Crippen molar-refractivity contribution in [3.63, 3.8) is 0 Å². The number of hydrogen-bond donors (Lipinski definition) is 3. The van der Waals surface area contributed by atoms with E-state index >= 15 is 0 Å². The maximum atomic E-state index is 13.7. The molecule has 3 rings (SSSR count). The summed E-state index contributed by atoms with van der Waals surface area (Å²) < 4.78 is 0. The Balaban J connectivity index is 1.67. The molecule has 0 bridgehead atoms. The van der Waals surface area contributed by atoms with Crippen molar-refractivity contribution in [3.05, 3.63) is 34.9 Å². The number of carbonyl (C=O) groups excluding carboxylic acids is 3. The second-order valence-corrected chi connectivity index (χ2v) is 13.0. The molecule has 7 nitrogen and oxygen atoms in total. The third kappa shape index (κ3) is 9.49. The van der Waals surface area contributed by atoms with E-state index in [-0.39, 0.29) is 42.3 Å². The Morgan fingerprint density at radius 2 is 1.69 bits per heavy atom. The van der Waals surface area contributed by atoms with Crippen LogP contribution >= 0.6 is 11.6 Å². The van der Waals surface area contributed by atoms with Crippen LogP contribution in [0.25, 0.3) is 0 Å². The van der Waals surface area contributed by atoms with Crippen LogP contribution < -0.4 is 16.0 Å². The number of halogens is 1. The maximum Gasteiger partial charge on any atom is 0.234 e. The predicted molar refractivity (Wildman–Crippen MR) is 158 cm³/mol. The minimum atomic E-state index is -0.410. The summed E-state index contributed by atoms with van der Waals surface area (Å²) in [5, 5.41) is 10.1. The fraction of sp³-hybridized carbons (Fsp3) is 0.710. The first-order valence-corrected chi connectivity index (χ1v) is 15.2. The summed E-state index contributed by atoms with van der Waals surface area (Å²) in [7, 11) is 0. The smallest absolute Gasteiger partial charge is 0.234 e. The number of piperidine rings is 1. The lowest BCUT2D eigenvalue weighted by atomic mass is 9.63. The number of likely N-dealkylation sites (tertiary alicyclic amines) is 1. The number of nitrogens with zero attached hydrogens (tertiary/aromatic N) is 1. The number of hydrogen-bond acceptors (Lipinski definition) is 4. The van der Waals surface area contributed by atoms with Crippen LogP contribution in [0.3, 0.4) is 0 Å². The molecule has 2 aliphatic rings. The van der Waals surface area contributed by atoms with Crippen LogP contribution in [-0.4, -0.2) is 60.4 Å². The van der Waals surface area contributed by atoms with E-state index in [0.717, 1.165) is 31.4 Å². The zero-order chi connectivity index (χ0) is 28.5. The average molecular weight is 561 g/mol. The van der Waals surface area contributed by atoms with Crippen molar-refractivity contribution in [1.29, 1.82) is 0 Å². The van der Waals surface area contributed by atoms with Gasteiger partial charge >= 0.3 is 0 Å². The SMILES string of the molecule is CCCNCC(=O)NC(CC(=O)N1CCC(C(=O)NC(C)(C)C)(C2CCCCC2)CC1)Cc1ccc(Cl)cc1. The number of rotatable bonds is 11. The minimum absolute atomic E-state index is 0.0317. The molecule has 3 amide bonds. The van der Waals surface area contributed by atoms with Gasteiger partial charge in [0.25, 0.3) is 0 Å². The highest BCUT2D eigenvalue weighted by atomic mass is 35.5. The van der Waals surface area contributed by atoms with Crippen molar-refractivity contribution >= 4 is 29.3 Å². The summed E-state index contributed by atoms with van der Waals surface area (Å²) in [6, 6.07) is 7.23. The van der Waals surface area contributed by atoms with E-state index in [1.165, 1.54) is 19.3 Å². The zero-order valence-corrected chi connectivity index (χ0v) is 25.2. The van der Waals surface area contributed by atoms with E-state index in [2.05, 4.69) is 22.9 Å². The molecule has 39 heavy (non-hydrogen) atoms. The monoisotopic (exact) mass is 560 g/mol. The van der Waals surface area contributed by atoms with Crippen molar-refractivity contribution in [2.75, 3.05) is 26.2 Å². The Kier molecular flexibility index (Phi) is 11.7. The van der Waals surface area contributed by atoms with Gasteiger partial charge in [-0.1, -0.05) is 49.9 Å². The molecule has 3 N–H and O–H groups in total. The Hall–Kier alpha value is -2.12. The fourth-order valence-corrected chi connectivity index (χ4v) is 6.30. The van der Waals surface area contributed by atoms with Crippen molar-refractivity contribution in [2.24, 2.45) is 11.3 Å². The third-order valence-corrected chi connectivity index (χ3v) is 8.48. The van der Waals surface area contributed by atoms with Gasteiger partial charge in [-0.15, -0.1) is 0 Å². The standard InChI is InChI=1S/C31H49ClN4O3/c1-5-17-33-22-27(37)34-26(20-23-11-13-25(32)14-12-23)21-28(38)36-18-15-31(16-19-36,24-9-7-6-8-10-24)29(39)35-30(2,3)4/h11-14,24,26,33H,5-10,15-22H2,1-4H3,(H,34,37)(H,35,39). The van der Waals surface area contributed by atoms with Crippen LogP contribution in [0.1, 0.15) is 91.0 Å². The summed E-state index contributed by atoms with van der Waals surface area (Å²) in [6.45, 7) is 10.3. The predicted octanol–water partition coefficient (Wildman–Crippen LogP) is 4.86. The summed E-state index contributed by atoms with van der Waals surface area (Å²) in [6.07, 6.45) is 8.90. The second kappa shape index (κ2) is 14.5. The molecule has 1 atom stereocenters. The van der Waals surface area contributed by atoms with Gasteiger partial charge in [0.05, 0.1) is 12.0 Å². The topological polar surface area (TPSA) is 90.5 Å². The Labute approximate surface area is 240 Å². The Morgan fingerprint density at radius 1 is 1.05 bits per heavy atom. The van der Waals surface area contributed by atoms with Crippen LogP contribution in [0.5, 0.6) is 0 Å². The van der Waals surface area contributed by atoms with Crippen LogP contribution in [0, 0.1) is 11.3 Å². The quantitative estimate of drug-likeness (QED) is 0.337. The van der Waals surface area contributed by atoms with Crippen molar-refractivity contribution in [2.45, 2.75) is 103 Å². The second-order valence-electron chi connectivity index (χ2n) is 12.6. The number of amides is 3. The highest BCUT2D eigenvalue weighted by Gasteiger charge is 2.48. The molecule has 1 aliphatic heterocycles. The summed E-state index contributed by atoms with van der Waals surface area (Å²) >= 11 is 6.06. The molecule has 2 fully saturated rings. The van der Waals surface area contributed by atoms with Gasteiger partial charge < -0.3 is 20.9 Å². The lowest BCUT2D eigenvalue weighted by Crippen LogP contribution is -2.57. The largest absolute Gasteiger partial charge is 0.351 e. The molecular weight excluding hydrogens is 512 g/mol. The van der Waals surface area contributed by atoms with Gasteiger partial charge in [-0.3, -0.25) is 14.4 Å². The highest BCUT2D eigenvalue weighted by molar-refractivity contribution is 6.30. The van der Waals surface area contributed by atoms with Gasteiger partial charge in [-0.2, -0.15) is 0 Å². The third-order valence-electron chi connectivity index (χ3n) is 8.23. The molecule has 8 heteroatoms. The van der Waals surface area contributed by atoms with Crippen LogP contribution in [0.2, 0.25) is 5.02 Å². The van der Waals surface area contributed by atoms with Crippen LogP contribution in [0.15, 0.2) is 24.3 Å². The van der Waals surface area contributed by atoms with Gasteiger partial charge in [-0.25, -0.2) is 0 Å².